The largest absolute Gasteiger partial charge is 0.466 e. The Balaban J connectivity index is 3.34. The molecule has 0 heterocycles. The van der Waals surface area contributed by atoms with Crippen LogP contribution in [0.1, 0.15) is 412 Å². The van der Waals surface area contributed by atoms with Gasteiger partial charge in [-0.25, -0.2) is 0 Å². The van der Waals surface area contributed by atoms with Crippen LogP contribution in [0.15, 0.2) is 12.2 Å². The van der Waals surface area contributed by atoms with Crippen LogP contribution < -0.4 is 5.32 Å². The maximum Gasteiger partial charge on any atom is 0.305 e. The normalized spacial score (nSPS) is 12.5. The van der Waals surface area contributed by atoms with Gasteiger partial charge < -0.3 is 20.3 Å². The fourth-order valence-corrected chi connectivity index (χ4v) is 11.6. The number of esters is 1. The van der Waals surface area contributed by atoms with E-state index in [0.29, 0.717) is 25.9 Å². The molecule has 0 bridgehead atoms. The first-order chi connectivity index (χ1) is 38.5. The fourth-order valence-electron chi connectivity index (χ4n) is 11.6. The van der Waals surface area contributed by atoms with E-state index >= 15 is 0 Å². The number of nitrogens with one attached hydrogen (secondary N) is 1. The number of unbranched alkanes of at least 4 members (excludes halogenated alkanes) is 55. The molecule has 0 aliphatic carbocycles. The molecular weight excluding hydrogens is 959 g/mol. The second kappa shape index (κ2) is 68.1. The van der Waals surface area contributed by atoms with Crippen LogP contribution in [0.2, 0.25) is 0 Å². The zero-order valence-electron chi connectivity index (χ0n) is 53.2. The van der Waals surface area contributed by atoms with Crippen molar-refractivity contribution in [3.8, 4) is 0 Å². The van der Waals surface area contributed by atoms with E-state index in [4.69, 9.17) is 4.74 Å². The van der Waals surface area contributed by atoms with Gasteiger partial charge >= 0.3 is 5.97 Å². The number of amides is 1. The SMILES string of the molecule is CCCCCCCCCCCCCCCCCCCCC(=O)OCCCCCCCCCCCCCC/C=C\CCCCCCCCCCCCCCC(=O)NC(CO)C(O)CCCCCCCCCCCCCCCCC. The summed E-state index contributed by atoms with van der Waals surface area (Å²) in [4.78, 5) is 24.6. The molecule has 0 saturated heterocycles. The molecular formula is C72H141NO5. The lowest BCUT2D eigenvalue weighted by Gasteiger charge is -2.22. The molecule has 0 spiro atoms. The monoisotopic (exact) mass is 1100 g/mol. The minimum atomic E-state index is -0.663. The van der Waals surface area contributed by atoms with Crippen molar-refractivity contribution in [3.05, 3.63) is 12.2 Å². The summed E-state index contributed by atoms with van der Waals surface area (Å²) < 4.78 is 5.51. The van der Waals surface area contributed by atoms with Gasteiger partial charge in [0.25, 0.3) is 0 Å². The van der Waals surface area contributed by atoms with Crippen LogP contribution in [0.25, 0.3) is 0 Å². The number of carbonyl (C=O) groups excluding carboxylic acids is 2. The molecule has 0 aromatic carbocycles. The number of hydrogen-bond acceptors (Lipinski definition) is 5. The topological polar surface area (TPSA) is 95.9 Å². The summed E-state index contributed by atoms with van der Waals surface area (Å²) in [5, 5.41) is 23.3. The van der Waals surface area contributed by atoms with E-state index in [9.17, 15) is 19.8 Å². The Hall–Kier alpha value is -1.40. The molecule has 0 aromatic heterocycles. The Morgan fingerprint density at radius 3 is 0.910 bits per heavy atom. The minimum Gasteiger partial charge on any atom is -0.466 e. The Bertz CT molecular complexity index is 1180. The molecule has 0 radical (unpaired) electrons. The summed E-state index contributed by atoms with van der Waals surface area (Å²) >= 11 is 0. The first-order valence-corrected chi connectivity index (χ1v) is 35.9. The highest BCUT2D eigenvalue weighted by molar-refractivity contribution is 5.76. The predicted octanol–water partition coefficient (Wildman–Crippen LogP) is 23.1. The number of ether oxygens (including phenoxy) is 1. The van der Waals surface area contributed by atoms with Crippen molar-refractivity contribution >= 4 is 11.9 Å². The van der Waals surface area contributed by atoms with E-state index in [1.807, 2.05) is 0 Å². The third kappa shape index (κ3) is 63.8. The molecule has 0 rings (SSSR count). The van der Waals surface area contributed by atoms with E-state index in [0.717, 1.165) is 38.5 Å². The van der Waals surface area contributed by atoms with Crippen LogP contribution >= 0.6 is 0 Å². The summed E-state index contributed by atoms with van der Waals surface area (Å²) in [5.74, 6) is -0.0103. The minimum absolute atomic E-state index is 0.0213. The van der Waals surface area contributed by atoms with E-state index < -0.39 is 12.1 Å². The van der Waals surface area contributed by atoms with Gasteiger partial charge in [-0.1, -0.05) is 360 Å². The molecule has 1 amide bonds. The van der Waals surface area contributed by atoms with Gasteiger partial charge in [-0.2, -0.15) is 0 Å². The average Bonchev–Trinajstić information content (AvgIpc) is 3.44. The van der Waals surface area contributed by atoms with Crippen LogP contribution in [-0.2, 0) is 14.3 Å². The van der Waals surface area contributed by atoms with E-state index in [2.05, 4.69) is 31.3 Å². The van der Waals surface area contributed by atoms with Crippen molar-refractivity contribution in [3.63, 3.8) is 0 Å². The molecule has 2 atom stereocenters. The molecule has 0 aliphatic rings. The van der Waals surface area contributed by atoms with Crippen LogP contribution in [0.4, 0.5) is 0 Å². The first-order valence-electron chi connectivity index (χ1n) is 35.9. The van der Waals surface area contributed by atoms with Crippen molar-refractivity contribution in [1.29, 1.82) is 0 Å². The lowest BCUT2D eigenvalue weighted by Crippen LogP contribution is -2.45. The zero-order valence-corrected chi connectivity index (χ0v) is 53.2. The summed E-state index contributed by atoms with van der Waals surface area (Å²) in [5.41, 5.74) is 0. The van der Waals surface area contributed by atoms with E-state index in [1.165, 1.54) is 340 Å². The first kappa shape index (κ1) is 76.6. The molecule has 0 aromatic rings. The van der Waals surface area contributed by atoms with E-state index in [-0.39, 0.29) is 18.5 Å². The third-order valence-corrected chi connectivity index (χ3v) is 17.1. The average molecular weight is 1100 g/mol. The van der Waals surface area contributed by atoms with Crippen molar-refractivity contribution in [1.82, 2.24) is 5.32 Å². The number of hydrogen-bond donors (Lipinski definition) is 3. The van der Waals surface area contributed by atoms with Gasteiger partial charge in [0.05, 0.1) is 25.4 Å². The summed E-state index contributed by atoms with van der Waals surface area (Å²) in [6, 6.07) is -0.541. The highest BCUT2D eigenvalue weighted by Crippen LogP contribution is 2.19. The second-order valence-corrected chi connectivity index (χ2v) is 24.9. The van der Waals surface area contributed by atoms with Gasteiger partial charge in [0, 0.05) is 12.8 Å². The number of carbonyl (C=O) groups is 2. The maximum absolute atomic E-state index is 12.5. The Labute approximate surface area is 489 Å². The van der Waals surface area contributed by atoms with Crippen LogP contribution in [0, 0.1) is 0 Å². The van der Waals surface area contributed by atoms with E-state index in [1.54, 1.807) is 0 Å². The lowest BCUT2D eigenvalue weighted by atomic mass is 10.0. The number of allylic oxidation sites excluding steroid dienone is 2. The molecule has 6 nitrogen and oxygen atoms in total. The number of rotatable bonds is 68. The molecule has 3 N–H and O–H groups in total. The van der Waals surface area contributed by atoms with Gasteiger partial charge in [-0.15, -0.1) is 0 Å². The molecule has 464 valence electrons. The zero-order chi connectivity index (χ0) is 56.4. The smallest absolute Gasteiger partial charge is 0.305 e. The van der Waals surface area contributed by atoms with Gasteiger partial charge in [0.2, 0.25) is 5.91 Å². The van der Waals surface area contributed by atoms with Crippen molar-refractivity contribution in [2.24, 2.45) is 0 Å². The lowest BCUT2D eigenvalue weighted by molar-refractivity contribution is -0.143. The standard InChI is InChI=1S/C72H141NO5/c1-3-5-7-9-11-13-15-17-19-20-34-38-42-46-50-54-58-62-66-72(77)78-67-63-59-55-51-47-43-39-35-32-30-28-26-24-22-21-23-25-27-29-31-33-37-41-45-49-53-57-61-65-71(76)73-69(68-74)70(75)64-60-56-52-48-44-40-36-18-16-14-12-10-8-6-4-2/h21-22,69-70,74-75H,3-20,23-68H2,1-2H3,(H,73,76)/b22-21-. The van der Waals surface area contributed by atoms with Gasteiger partial charge in [-0.3, -0.25) is 9.59 Å². The molecule has 6 heteroatoms. The van der Waals surface area contributed by atoms with Crippen LogP contribution in [-0.4, -0.2) is 47.4 Å². The molecule has 2 unspecified atom stereocenters. The molecule has 0 aliphatic heterocycles. The molecule has 0 saturated carbocycles. The quantitative estimate of drug-likeness (QED) is 0.0320. The van der Waals surface area contributed by atoms with Crippen molar-refractivity contribution in [2.75, 3.05) is 13.2 Å². The fraction of sp³-hybridized carbons (Fsp3) is 0.944. The Morgan fingerprint density at radius 1 is 0.346 bits per heavy atom. The summed E-state index contributed by atoms with van der Waals surface area (Å²) in [6.45, 7) is 5.00. The Kier molecular flexibility index (Phi) is 66.9. The van der Waals surface area contributed by atoms with Gasteiger partial charge in [0.1, 0.15) is 0 Å². The number of aliphatic hydroxyl groups is 2. The van der Waals surface area contributed by atoms with Gasteiger partial charge in [0.15, 0.2) is 0 Å². The highest BCUT2D eigenvalue weighted by Gasteiger charge is 2.20. The Morgan fingerprint density at radius 2 is 0.603 bits per heavy atom. The van der Waals surface area contributed by atoms with Crippen molar-refractivity contribution < 1.29 is 24.5 Å². The summed E-state index contributed by atoms with van der Waals surface area (Å²) in [7, 11) is 0. The molecule has 78 heavy (non-hydrogen) atoms. The highest BCUT2D eigenvalue weighted by atomic mass is 16.5. The summed E-state index contributed by atoms with van der Waals surface area (Å²) in [6.07, 6.45) is 84.1. The van der Waals surface area contributed by atoms with Crippen LogP contribution in [0.3, 0.4) is 0 Å². The maximum atomic E-state index is 12.5. The van der Waals surface area contributed by atoms with Crippen molar-refractivity contribution in [2.45, 2.75) is 424 Å². The second-order valence-electron chi connectivity index (χ2n) is 24.9. The third-order valence-electron chi connectivity index (χ3n) is 17.1. The molecule has 0 fully saturated rings. The van der Waals surface area contributed by atoms with Gasteiger partial charge in [-0.05, 0) is 51.4 Å². The predicted molar refractivity (Wildman–Crippen MR) is 343 cm³/mol. The number of aliphatic hydroxyl groups excluding tert-OH is 2. The van der Waals surface area contributed by atoms with Crippen LogP contribution in [0.5, 0.6) is 0 Å².